The van der Waals surface area contributed by atoms with Crippen LogP contribution in [0.3, 0.4) is 0 Å². The third-order valence-electron chi connectivity index (χ3n) is 4.80. The van der Waals surface area contributed by atoms with Gasteiger partial charge in [-0.3, -0.25) is 0 Å². The SMILES string of the molecule is CN1[C@H]2CC[C@H]1[C@@H](Cc1ccccc1)[C@@H](N)C2. The number of nitrogens with two attached hydrogens (primary N) is 1. The summed E-state index contributed by atoms with van der Waals surface area (Å²) in [5.41, 5.74) is 7.82. The van der Waals surface area contributed by atoms with E-state index in [1.165, 1.54) is 24.8 Å². The van der Waals surface area contributed by atoms with E-state index in [2.05, 4.69) is 42.3 Å². The average molecular weight is 230 g/mol. The van der Waals surface area contributed by atoms with Gasteiger partial charge in [0, 0.05) is 18.1 Å². The molecule has 0 saturated carbocycles. The summed E-state index contributed by atoms with van der Waals surface area (Å²) in [6.07, 6.45) is 5.01. The number of piperidine rings is 1. The van der Waals surface area contributed by atoms with Gasteiger partial charge in [0.2, 0.25) is 0 Å². The van der Waals surface area contributed by atoms with Crippen LogP contribution < -0.4 is 5.73 Å². The smallest absolute Gasteiger partial charge is 0.0142 e. The van der Waals surface area contributed by atoms with Crippen molar-refractivity contribution in [3.05, 3.63) is 35.9 Å². The quantitative estimate of drug-likeness (QED) is 0.842. The Morgan fingerprint density at radius 3 is 2.76 bits per heavy atom. The first-order valence-electron chi connectivity index (χ1n) is 6.77. The zero-order valence-corrected chi connectivity index (χ0v) is 10.5. The molecule has 2 bridgehead atoms. The average Bonchev–Trinajstić information content (AvgIpc) is 2.59. The van der Waals surface area contributed by atoms with Gasteiger partial charge in [-0.05, 0) is 44.2 Å². The standard InChI is InChI=1S/C15H22N2/c1-17-12-7-8-15(17)13(14(16)10-12)9-11-5-3-2-4-6-11/h2-6,12-15H,7-10,16H2,1H3/t12-,13-,14-,15-/m0/s1. The van der Waals surface area contributed by atoms with Crippen LogP contribution in [0.2, 0.25) is 0 Å². The molecule has 2 aliphatic heterocycles. The normalized spacial score (nSPS) is 37.3. The van der Waals surface area contributed by atoms with E-state index in [0.29, 0.717) is 18.0 Å². The summed E-state index contributed by atoms with van der Waals surface area (Å²) >= 11 is 0. The molecule has 0 unspecified atom stereocenters. The lowest BCUT2D eigenvalue weighted by atomic mass is 9.82. The minimum Gasteiger partial charge on any atom is -0.327 e. The Balaban J connectivity index is 1.77. The summed E-state index contributed by atoms with van der Waals surface area (Å²) in [4.78, 5) is 2.58. The van der Waals surface area contributed by atoms with Crippen LogP contribution in [0.4, 0.5) is 0 Å². The van der Waals surface area contributed by atoms with Crippen molar-refractivity contribution in [1.82, 2.24) is 4.90 Å². The third-order valence-corrected chi connectivity index (χ3v) is 4.80. The number of hydrogen-bond donors (Lipinski definition) is 1. The molecular weight excluding hydrogens is 208 g/mol. The van der Waals surface area contributed by atoms with E-state index in [1.807, 2.05) is 0 Å². The van der Waals surface area contributed by atoms with Crippen LogP contribution >= 0.6 is 0 Å². The molecule has 0 amide bonds. The topological polar surface area (TPSA) is 29.3 Å². The monoisotopic (exact) mass is 230 g/mol. The molecule has 2 heteroatoms. The minimum absolute atomic E-state index is 0.393. The van der Waals surface area contributed by atoms with Crippen molar-refractivity contribution in [3.63, 3.8) is 0 Å². The number of fused-ring (bicyclic) bond motifs is 2. The predicted molar refractivity (Wildman–Crippen MR) is 70.8 cm³/mol. The fourth-order valence-corrected chi connectivity index (χ4v) is 3.79. The Morgan fingerprint density at radius 1 is 1.24 bits per heavy atom. The van der Waals surface area contributed by atoms with Gasteiger partial charge >= 0.3 is 0 Å². The highest BCUT2D eigenvalue weighted by molar-refractivity contribution is 5.17. The fraction of sp³-hybridized carbons (Fsp3) is 0.600. The predicted octanol–water partition coefficient (Wildman–Crippen LogP) is 2.04. The molecular formula is C15H22N2. The minimum atomic E-state index is 0.393. The van der Waals surface area contributed by atoms with E-state index >= 15 is 0 Å². The lowest BCUT2D eigenvalue weighted by molar-refractivity contribution is 0.102. The highest BCUT2D eigenvalue weighted by Crippen LogP contribution is 2.38. The number of nitrogens with zero attached hydrogens (tertiary/aromatic N) is 1. The van der Waals surface area contributed by atoms with Crippen molar-refractivity contribution >= 4 is 0 Å². The Morgan fingerprint density at radius 2 is 2.00 bits per heavy atom. The van der Waals surface area contributed by atoms with Crippen LogP contribution in [0.15, 0.2) is 30.3 Å². The van der Waals surface area contributed by atoms with Crippen LogP contribution in [0.5, 0.6) is 0 Å². The van der Waals surface area contributed by atoms with Gasteiger partial charge in [0.25, 0.3) is 0 Å². The first kappa shape index (κ1) is 11.2. The van der Waals surface area contributed by atoms with Crippen molar-refractivity contribution in [2.75, 3.05) is 7.05 Å². The highest BCUT2D eigenvalue weighted by atomic mass is 15.2. The zero-order chi connectivity index (χ0) is 11.8. The molecule has 1 aromatic rings. The second kappa shape index (κ2) is 4.43. The number of hydrogen-bond acceptors (Lipinski definition) is 2. The van der Waals surface area contributed by atoms with Gasteiger partial charge in [0.15, 0.2) is 0 Å². The Bertz CT molecular complexity index is 376. The van der Waals surface area contributed by atoms with E-state index in [-0.39, 0.29) is 0 Å². The van der Waals surface area contributed by atoms with Gasteiger partial charge < -0.3 is 10.6 Å². The van der Waals surface area contributed by atoms with Gasteiger partial charge in [-0.1, -0.05) is 30.3 Å². The molecule has 4 atom stereocenters. The molecule has 3 rings (SSSR count). The van der Waals surface area contributed by atoms with E-state index in [4.69, 9.17) is 5.73 Å². The summed E-state index contributed by atoms with van der Waals surface area (Å²) in [7, 11) is 2.28. The van der Waals surface area contributed by atoms with Gasteiger partial charge in [0.1, 0.15) is 0 Å². The van der Waals surface area contributed by atoms with E-state index < -0.39 is 0 Å². The second-order valence-corrected chi connectivity index (χ2v) is 5.72. The van der Waals surface area contributed by atoms with Crippen LogP contribution in [0.25, 0.3) is 0 Å². The zero-order valence-electron chi connectivity index (χ0n) is 10.5. The number of rotatable bonds is 2. The second-order valence-electron chi connectivity index (χ2n) is 5.72. The van der Waals surface area contributed by atoms with Crippen LogP contribution in [-0.4, -0.2) is 30.1 Å². The van der Waals surface area contributed by atoms with Crippen molar-refractivity contribution in [3.8, 4) is 0 Å². The van der Waals surface area contributed by atoms with Gasteiger partial charge in [-0.2, -0.15) is 0 Å². The summed E-state index contributed by atoms with van der Waals surface area (Å²) in [6, 6.07) is 12.7. The molecule has 2 fully saturated rings. The maximum Gasteiger partial charge on any atom is 0.0142 e. The molecule has 1 aromatic carbocycles. The Labute approximate surface area is 104 Å². The van der Waals surface area contributed by atoms with Crippen LogP contribution in [0.1, 0.15) is 24.8 Å². The molecule has 2 saturated heterocycles. The first-order chi connectivity index (χ1) is 8.25. The molecule has 0 radical (unpaired) electrons. The highest BCUT2D eigenvalue weighted by Gasteiger charge is 2.43. The maximum absolute atomic E-state index is 6.38. The molecule has 2 aliphatic rings. The lowest BCUT2D eigenvalue weighted by Crippen LogP contribution is -2.52. The molecule has 0 spiro atoms. The van der Waals surface area contributed by atoms with E-state index in [1.54, 1.807) is 0 Å². The van der Waals surface area contributed by atoms with Gasteiger partial charge in [0.05, 0.1) is 0 Å². The van der Waals surface area contributed by atoms with Gasteiger partial charge in [-0.25, -0.2) is 0 Å². The Kier molecular flexibility index (Phi) is 2.93. The van der Waals surface area contributed by atoms with Crippen molar-refractivity contribution in [2.24, 2.45) is 11.7 Å². The third kappa shape index (κ3) is 2.00. The molecule has 0 aromatic heterocycles. The fourth-order valence-electron chi connectivity index (χ4n) is 3.79. The molecule has 17 heavy (non-hydrogen) atoms. The summed E-state index contributed by atoms with van der Waals surface area (Å²) in [5.74, 6) is 0.640. The molecule has 2 heterocycles. The molecule has 2 nitrogen and oxygen atoms in total. The van der Waals surface area contributed by atoms with Crippen LogP contribution in [-0.2, 0) is 6.42 Å². The largest absolute Gasteiger partial charge is 0.327 e. The van der Waals surface area contributed by atoms with E-state index in [0.717, 1.165) is 12.5 Å². The van der Waals surface area contributed by atoms with E-state index in [9.17, 15) is 0 Å². The first-order valence-corrected chi connectivity index (χ1v) is 6.77. The summed E-state index contributed by atoms with van der Waals surface area (Å²) < 4.78 is 0. The van der Waals surface area contributed by atoms with Gasteiger partial charge in [-0.15, -0.1) is 0 Å². The van der Waals surface area contributed by atoms with Crippen molar-refractivity contribution in [1.29, 1.82) is 0 Å². The number of benzene rings is 1. The molecule has 0 aliphatic carbocycles. The lowest BCUT2D eigenvalue weighted by Gasteiger charge is -2.41. The van der Waals surface area contributed by atoms with Crippen molar-refractivity contribution in [2.45, 2.75) is 43.8 Å². The summed E-state index contributed by atoms with van der Waals surface area (Å²) in [6.45, 7) is 0. The molecule has 92 valence electrons. The van der Waals surface area contributed by atoms with Crippen LogP contribution in [0, 0.1) is 5.92 Å². The Hall–Kier alpha value is -0.860. The summed E-state index contributed by atoms with van der Waals surface area (Å²) in [5, 5.41) is 0. The molecule has 2 N–H and O–H groups in total. The van der Waals surface area contributed by atoms with Crippen molar-refractivity contribution < 1.29 is 0 Å². The maximum atomic E-state index is 6.38.